The van der Waals surface area contributed by atoms with Crippen LogP contribution in [0.15, 0.2) is 18.2 Å². The molecule has 0 amide bonds. The van der Waals surface area contributed by atoms with E-state index in [1.165, 1.54) is 0 Å². The van der Waals surface area contributed by atoms with E-state index in [9.17, 15) is 17.2 Å². The van der Waals surface area contributed by atoms with Crippen LogP contribution in [0.4, 0.5) is 8.78 Å². The van der Waals surface area contributed by atoms with E-state index in [0.717, 1.165) is 18.2 Å². The van der Waals surface area contributed by atoms with Crippen molar-refractivity contribution in [1.29, 1.82) is 0 Å². The van der Waals surface area contributed by atoms with Gasteiger partial charge in [0, 0.05) is 0 Å². The minimum Gasteiger partial charge on any atom is -0.368 e. The van der Waals surface area contributed by atoms with Gasteiger partial charge in [-0.05, 0) is 12.1 Å². The van der Waals surface area contributed by atoms with E-state index < -0.39 is 27.7 Å². The summed E-state index contributed by atoms with van der Waals surface area (Å²) in [5, 5.41) is 4.45. The highest BCUT2D eigenvalue weighted by molar-refractivity contribution is 7.84. The normalized spacial score (nSPS) is 11.3. The first-order valence-corrected chi connectivity index (χ1v) is 4.53. The molecule has 0 saturated heterocycles. The predicted molar refractivity (Wildman–Crippen MR) is 40.1 cm³/mol. The van der Waals surface area contributed by atoms with Crippen molar-refractivity contribution in [2.24, 2.45) is 5.14 Å². The largest absolute Gasteiger partial charge is 0.380 e. The second kappa shape index (κ2) is 3.27. The Bertz CT molecular complexity index is 418. The first kappa shape index (κ1) is 9.87. The number of benzene rings is 1. The molecular formula is C6H5F2NO3S. The van der Waals surface area contributed by atoms with E-state index in [2.05, 4.69) is 9.32 Å². The Labute approximate surface area is 73.2 Å². The lowest BCUT2D eigenvalue weighted by atomic mass is 10.3. The monoisotopic (exact) mass is 209 g/mol. The van der Waals surface area contributed by atoms with Crippen LogP contribution in [0.25, 0.3) is 0 Å². The molecule has 0 radical (unpaired) electrons. The van der Waals surface area contributed by atoms with Crippen molar-refractivity contribution in [1.82, 2.24) is 0 Å². The van der Waals surface area contributed by atoms with Crippen LogP contribution < -0.4 is 9.32 Å². The first-order chi connectivity index (χ1) is 5.90. The molecule has 0 saturated carbocycles. The molecule has 1 aromatic carbocycles. The minimum absolute atomic E-state index is 0.762. The standard InChI is InChI=1S/C6H5F2NO3S/c7-4-2-1-3-5(6(4)8)12-13(9,10)11/h1-3H,(H2,9,10,11). The summed E-state index contributed by atoms with van der Waals surface area (Å²) in [4.78, 5) is 0. The maximum Gasteiger partial charge on any atom is 0.380 e. The third kappa shape index (κ3) is 2.63. The Kier molecular flexibility index (Phi) is 2.48. The van der Waals surface area contributed by atoms with Gasteiger partial charge in [0.15, 0.2) is 11.6 Å². The van der Waals surface area contributed by atoms with Crippen molar-refractivity contribution >= 4 is 10.3 Å². The lowest BCUT2D eigenvalue weighted by Crippen LogP contribution is -2.19. The SMILES string of the molecule is NS(=O)(=O)Oc1cccc(F)c1F. The maximum absolute atomic E-state index is 12.7. The summed E-state index contributed by atoms with van der Waals surface area (Å²) < 4.78 is 49.8. The second-order valence-electron chi connectivity index (χ2n) is 2.13. The fraction of sp³-hybridized carbons (Fsp3) is 0. The molecule has 72 valence electrons. The predicted octanol–water partition coefficient (Wildman–Crippen LogP) is 0.547. The Morgan fingerprint density at radius 2 is 1.92 bits per heavy atom. The van der Waals surface area contributed by atoms with Crippen molar-refractivity contribution in [3.8, 4) is 5.75 Å². The van der Waals surface area contributed by atoms with Crippen LogP contribution in [-0.4, -0.2) is 8.42 Å². The van der Waals surface area contributed by atoms with E-state index in [-0.39, 0.29) is 0 Å². The average molecular weight is 209 g/mol. The van der Waals surface area contributed by atoms with Crippen molar-refractivity contribution in [3.05, 3.63) is 29.8 Å². The van der Waals surface area contributed by atoms with Gasteiger partial charge in [-0.25, -0.2) is 4.39 Å². The molecule has 0 heterocycles. The molecule has 0 unspecified atom stereocenters. The van der Waals surface area contributed by atoms with Gasteiger partial charge in [-0.2, -0.15) is 17.9 Å². The molecule has 0 spiro atoms. The summed E-state index contributed by atoms with van der Waals surface area (Å²) in [6.07, 6.45) is 0. The second-order valence-corrected chi connectivity index (χ2v) is 3.28. The molecule has 1 aromatic rings. The molecule has 4 nitrogen and oxygen atoms in total. The zero-order valence-electron chi connectivity index (χ0n) is 6.20. The average Bonchev–Trinajstić information content (AvgIpc) is 1.96. The molecule has 0 atom stereocenters. The van der Waals surface area contributed by atoms with Crippen molar-refractivity contribution in [2.75, 3.05) is 0 Å². The van der Waals surface area contributed by atoms with E-state index >= 15 is 0 Å². The van der Waals surface area contributed by atoms with Crippen LogP contribution >= 0.6 is 0 Å². The number of nitrogens with two attached hydrogens (primary N) is 1. The fourth-order valence-corrected chi connectivity index (χ4v) is 1.05. The summed E-state index contributed by atoms with van der Waals surface area (Å²) in [7, 11) is -4.32. The van der Waals surface area contributed by atoms with Gasteiger partial charge >= 0.3 is 10.3 Å². The van der Waals surface area contributed by atoms with Crippen LogP contribution in [0.3, 0.4) is 0 Å². The van der Waals surface area contributed by atoms with Gasteiger partial charge in [-0.15, -0.1) is 0 Å². The molecule has 0 aliphatic heterocycles. The molecule has 0 bridgehead atoms. The van der Waals surface area contributed by atoms with Gasteiger partial charge in [0.1, 0.15) is 0 Å². The molecule has 0 aliphatic carbocycles. The highest BCUT2D eigenvalue weighted by atomic mass is 32.2. The molecule has 7 heteroatoms. The van der Waals surface area contributed by atoms with Gasteiger partial charge in [-0.3, -0.25) is 0 Å². The number of rotatable bonds is 2. The fourth-order valence-electron chi connectivity index (χ4n) is 0.674. The minimum atomic E-state index is -4.32. The molecule has 0 aromatic heterocycles. The van der Waals surface area contributed by atoms with Crippen molar-refractivity contribution < 1.29 is 21.4 Å². The van der Waals surface area contributed by atoms with Crippen LogP contribution in [-0.2, 0) is 10.3 Å². The number of hydrogen-bond donors (Lipinski definition) is 1. The van der Waals surface area contributed by atoms with Crippen LogP contribution in [0, 0.1) is 11.6 Å². The molecular weight excluding hydrogens is 204 g/mol. The van der Waals surface area contributed by atoms with E-state index in [0.29, 0.717) is 0 Å². The van der Waals surface area contributed by atoms with Crippen LogP contribution in [0.1, 0.15) is 0 Å². The first-order valence-electron chi connectivity index (χ1n) is 3.06. The van der Waals surface area contributed by atoms with Gasteiger partial charge in [0.25, 0.3) is 0 Å². The van der Waals surface area contributed by atoms with E-state index in [1.54, 1.807) is 0 Å². The third-order valence-corrected chi connectivity index (χ3v) is 1.53. The zero-order valence-corrected chi connectivity index (χ0v) is 7.01. The number of halogens is 2. The van der Waals surface area contributed by atoms with Crippen LogP contribution in [0.5, 0.6) is 5.75 Å². The summed E-state index contributed by atoms with van der Waals surface area (Å²) in [6.45, 7) is 0. The van der Waals surface area contributed by atoms with Crippen LogP contribution in [0.2, 0.25) is 0 Å². The third-order valence-electron chi connectivity index (χ3n) is 1.12. The zero-order chi connectivity index (χ0) is 10.1. The van der Waals surface area contributed by atoms with E-state index in [1.807, 2.05) is 0 Å². The van der Waals surface area contributed by atoms with E-state index in [4.69, 9.17) is 0 Å². The van der Waals surface area contributed by atoms with Gasteiger partial charge < -0.3 is 4.18 Å². The molecule has 2 N–H and O–H groups in total. The molecule has 1 rings (SSSR count). The van der Waals surface area contributed by atoms with Crippen molar-refractivity contribution in [3.63, 3.8) is 0 Å². The Morgan fingerprint density at radius 1 is 1.31 bits per heavy atom. The topological polar surface area (TPSA) is 69.4 Å². The summed E-state index contributed by atoms with van der Waals surface area (Å²) >= 11 is 0. The highest BCUT2D eigenvalue weighted by Gasteiger charge is 2.13. The molecule has 0 fully saturated rings. The quantitative estimate of drug-likeness (QED) is 0.773. The Balaban J connectivity index is 3.10. The summed E-state index contributed by atoms with van der Waals surface area (Å²) in [5.74, 6) is -3.36. The Hall–Kier alpha value is -1.21. The van der Waals surface area contributed by atoms with Gasteiger partial charge in [0.2, 0.25) is 5.82 Å². The lowest BCUT2D eigenvalue weighted by Gasteiger charge is -2.02. The molecule has 0 aliphatic rings. The maximum atomic E-state index is 12.7. The van der Waals surface area contributed by atoms with Gasteiger partial charge in [-0.1, -0.05) is 6.07 Å². The van der Waals surface area contributed by atoms with Gasteiger partial charge in [0.05, 0.1) is 0 Å². The molecule has 13 heavy (non-hydrogen) atoms. The van der Waals surface area contributed by atoms with Crippen molar-refractivity contribution in [2.45, 2.75) is 0 Å². The number of hydrogen-bond acceptors (Lipinski definition) is 3. The lowest BCUT2D eigenvalue weighted by molar-refractivity contribution is 0.438. The Morgan fingerprint density at radius 3 is 2.46 bits per heavy atom. The summed E-state index contributed by atoms with van der Waals surface area (Å²) in [5.41, 5.74) is 0. The highest BCUT2D eigenvalue weighted by Crippen LogP contribution is 2.19. The smallest absolute Gasteiger partial charge is 0.368 e. The summed E-state index contributed by atoms with van der Waals surface area (Å²) in [6, 6.07) is 2.87.